The van der Waals surface area contributed by atoms with E-state index in [1.165, 1.54) is 26.0 Å². The molecule has 2 unspecified atom stereocenters. The van der Waals surface area contributed by atoms with Crippen LogP contribution < -0.4 is 11.1 Å². The van der Waals surface area contributed by atoms with E-state index < -0.39 is 163 Å². The number of hydrogen-bond donors (Lipinski definition) is 6. The topological polar surface area (TPSA) is 375 Å². The molecule has 0 spiro atoms. The molecule has 4 aliphatic rings. The first kappa shape index (κ1) is 81.4. The van der Waals surface area contributed by atoms with Gasteiger partial charge in [-0.1, -0.05) is 71.1 Å². The van der Waals surface area contributed by atoms with Crippen LogP contribution >= 0.6 is 11.8 Å². The van der Waals surface area contributed by atoms with Gasteiger partial charge in [0, 0.05) is 71.1 Å². The number of fused-ring (bicyclic) bond motifs is 3. The summed E-state index contributed by atoms with van der Waals surface area (Å²) in [6, 6.07) is -3.72. The highest BCUT2D eigenvalue weighted by molar-refractivity contribution is 8.00. The van der Waals surface area contributed by atoms with Crippen LogP contribution in [0, 0.1) is 40.9 Å². The van der Waals surface area contributed by atoms with Crippen molar-refractivity contribution in [2.75, 3.05) is 52.6 Å². The maximum Gasteiger partial charge on any atom is 0.329 e. The third-order valence-electron chi connectivity index (χ3n) is 18.7. The summed E-state index contributed by atoms with van der Waals surface area (Å²) in [6.07, 6.45) is 7.21. The Morgan fingerprint density at radius 3 is 2.22 bits per heavy atom. The maximum absolute atomic E-state index is 14.7. The molecule has 0 radical (unpaired) electrons. The number of nitrogens with one attached hydrogen (secondary N) is 1. The van der Waals surface area contributed by atoms with E-state index in [2.05, 4.69) is 5.32 Å². The van der Waals surface area contributed by atoms with Crippen molar-refractivity contribution in [3.8, 4) is 0 Å². The Kier molecular flexibility index (Phi) is 34.3. The highest BCUT2D eigenvalue weighted by Gasteiger charge is 2.46. The van der Waals surface area contributed by atoms with Gasteiger partial charge in [-0.25, -0.2) is 4.79 Å². The Labute approximate surface area is 562 Å². The highest BCUT2D eigenvalue weighted by Crippen LogP contribution is 2.37. The first-order valence-electron chi connectivity index (χ1n) is 33.2. The number of piperidine rings is 1. The van der Waals surface area contributed by atoms with Gasteiger partial charge in [-0.2, -0.15) is 0 Å². The van der Waals surface area contributed by atoms with Crippen LogP contribution in [0.5, 0.6) is 0 Å². The molecule has 26 heteroatoms. The number of aliphatic carboxylic acids is 2. The molecule has 95 heavy (non-hydrogen) atoms. The standard InChI is InChI=1S/C69H105N3O22S/c1-39-17-13-12-14-18-40(2)54(88-9)33-47-22-20-41(3)63(92-47)62(82)65(83)72-28-16-15-19-50(72)67(86)93-55(34-52(75)42(4)30-45(7)61(81)64(90-11)60(80)44(6)29-39)43(5)31-46-21-25-53(56(32-46)89-10)94-68(87)69(8,37-73)38-91-59(79)36-95-35-49(51(74)24-27-58(77)78)71-57(76)26-23-48(70)66(84)85/h12-14,17-18,30,39,41-44,46-50,53-56,61,63-64,73,81H,15-16,19-29,31-38,70H2,1-11H3,(H,71,76)(H,77,78)(H,84,85)/b14-12+,17-13-,40-18+,45-30+/t39-,41+,42+,43+,44+,46-,47+,48-,49-,50-,53+,54-,55?,56+,61+,63+,64-,69?/m0/s1. The molecule has 4 rings (SSSR count). The van der Waals surface area contributed by atoms with Crippen molar-refractivity contribution in [1.29, 1.82) is 0 Å². The molecule has 0 aromatic rings. The first-order chi connectivity index (χ1) is 44.9. The van der Waals surface area contributed by atoms with Gasteiger partial charge < -0.3 is 69.5 Å². The number of nitrogens with two attached hydrogens (primary N) is 1. The van der Waals surface area contributed by atoms with E-state index in [9.17, 15) is 63.0 Å². The van der Waals surface area contributed by atoms with Crippen LogP contribution in [0.1, 0.15) is 158 Å². The van der Waals surface area contributed by atoms with Crippen LogP contribution in [-0.4, -0.2) is 210 Å². The second kappa shape index (κ2) is 40.0. The lowest BCUT2D eigenvalue weighted by molar-refractivity contribution is -0.179. The van der Waals surface area contributed by atoms with Crippen molar-refractivity contribution < 1.29 is 106 Å². The summed E-state index contributed by atoms with van der Waals surface area (Å²) in [4.78, 5) is 148. The Balaban J connectivity index is 1.54. The molecule has 3 aliphatic heterocycles. The predicted octanol–water partition coefficient (Wildman–Crippen LogP) is 5.80. The van der Waals surface area contributed by atoms with E-state index in [0.29, 0.717) is 63.4 Å². The van der Waals surface area contributed by atoms with E-state index in [-0.39, 0.29) is 85.6 Å². The third-order valence-corrected chi connectivity index (χ3v) is 19.7. The lowest BCUT2D eigenvalue weighted by atomic mass is 9.78. The number of methoxy groups -OCH3 is 3. The fourth-order valence-electron chi connectivity index (χ4n) is 12.5. The Morgan fingerprint density at radius 2 is 1.57 bits per heavy atom. The number of rotatable bonds is 24. The van der Waals surface area contributed by atoms with Crippen LogP contribution in [0.25, 0.3) is 0 Å². The number of aliphatic hydroxyl groups is 2. The largest absolute Gasteiger partial charge is 0.481 e. The van der Waals surface area contributed by atoms with Gasteiger partial charge in [0.25, 0.3) is 5.91 Å². The quantitative estimate of drug-likeness (QED) is 0.0288. The Morgan fingerprint density at radius 1 is 0.853 bits per heavy atom. The SMILES string of the molecule is CO[C@H]1C[C@H]2CC[C@@H](C)[C@@H](O2)C(=O)C(=O)N2CCCC[C@H]2C(=O)OC([C@H](C)C[C@@H]2CC[C@@H](OC(=O)C(C)(CO)COC(=O)CSC[C@H](NC(=O)CC[C@H](N)C(=O)O)C(=O)CCC(=O)O)[C@H](OC)C2)CC(=O)[C@H](C)/C=C(\C)[C@@H](O)[C@@H](OC)C(=O)[C@H](C)C[C@@H](C)\C=C/C=C/C=C/1C. The van der Waals surface area contributed by atoms with Gasteiger partial charge in [0.1, 0.15) is 60.4 Å². The molecule has 2 bridgehead atoms. The lowest BCUT2D eigenvalue weighted by Gasteiger charge is -2.39. The van der Waals surface area contributed by atoms with Crippen molar-refractivity contribution in [2.24, 2.45) is 46.7 Å². The number of carboxylic acids is 2. The normalized spacial score (nSPS) is 31.6. The minimum Gasteiger partial charge on any atom is -0.481 e. The third kappa shape index (κ3) is 25.4. The second-order valence-electron chi connectivity index (χ2n) is 26.7. The van der Waals surface area contributed by atoms with Crippen LogP contribution in [0.4, 0.5) is 0 Å². The molecule has 2 saturated heterocycles. The average molecular weight is 1360 g/mol. The maximum atomic E-state index is 14.7. The zero-order valence-electron chi connectivity index (χ0n) is 57.2. The lowest BCUT2D eigenvalue weighted by Crippen LogP contribution is -2.55. The fourth-order valence-corrected chi connectivity index (χ4v) is 13.4. The number of thioether (sulfide) groups is 1. The van der Waals surface area contributed by atoms with Crippen molar-refractivity contribution in [1.82, 2.24) is 10.2 Å². The number of carboxylic acid groups (broad SMARTS) is 2. The zero-order valence-corrected chi connectivity index (χ0v) is 58.0. The minimum absolute atomic E-state index is 0.0220. The summed E-state index contributed by atoms with van der Waals surface area (Å²) in [5, 5.41) is 42.7. The number of carbonyl (C=O) groups excluding carboxylic acids is 9. The molecule has 3 fully saturated rings. The van der Waals surface area contributed by atoms with E-state index in [1.54, 1.807) is 34.0 Å². The van der Waals surface area contributed by atoms with E-state index >= 15 is 0 Å². The van der Waals surface area contributed by atoms with E-state index in [0.717, 1.165) is 17.3 Å². The van der Waals surface area contributed by atoms with Gasteiger partial charge in [0.15, 0.2) is 11.6 Å². The van der Waals surface area contributed by atoms with Crippen molar-refractivity contribution >= 4 is 76.6 Å². The van der Waals surface area contributed by atoms with Crippen molar-refractivity contribution in [3.63, 3.8) is 0 Å². The van der Waals surface area contributed by atoms with Crippen molar-refractivity contribution in [3.05, 3.63) is 47.6 Å². The Hall–Kier alpha value is -6.00. The summed E-state index contributed by atoms with van der Waals surface area (Å²) >= 11 is 0.866. The number of Topliss-reactive ketones (excluding diaryl/α,β-unsaturated/α-hetero) is 4. The number of ether oxygens (including phenoxy) is 7. The number of ketones is 4. The van der Waals surface area contributed by atoms with Gasteiger partial charge in [0.2, 0.25) is 11.7 Å². The van der Waals surface area contributed by atoms with E-state index in [1.807, 2.05) is 58.1 Å². The fraction of sp³-hybridized carbons (Fsp3) is 0.725. The van der Waals surface area contributed by atoms with Gasteiger partial charge in [0.05, 0.1) is 43.1 Å². The molecule has 534 valence electrons. The number of allylic oxidation sites excluding steroid dienone is 6. The second-order valence-corrected chi connectivity index (χ2v) is 27.7. The number of cyclic esters (lactones) is 1. The highest BCUT2D eigenvalue weighted by atomic mass is 32.2. The number of aliphatic hydroxyl groups excluding tert-OH is 2. The van der Waals surface area contributed by atoms with Crippen LogP contribution in [-0.2, 0) is 85.9 Å². The molecular formula is C69H105N3O22S. The molecular weight excluding hydrogens is 1250 g/mol. The zero-order chi connectivity index (χ0) is 70.9. The first-order valence-corrected chi connectivity index (χ1v) is 34.3. The minimum atomic E-state index is -1.75. The summed E-state index contributed by atoms with van der Waals surface area (Å²) in [5.41, 5.74) is 4.97. The van der Waals surface area contributed by atoms with Crippen LogP contribution in [0.15, 0.2) is 47.6 Å². The molecule has 0 aromatic carbocycles. The monoisotopic (exact) mass is 1360 g/mol. The molecule has 1 aliphatic carbocycles. The molecule has 3 heterocycles. The number of esters is 3. The van der Waals surface area contributed by atoms with Crippen molar-refractivity contribution in [2.45, 2.75) is 225 Å². The molecule has 18 atom stereocenters. The van der Waals surface area contributed by atoms with Gasteiger partial charge in [-0.15, -0.1) is 11.8 Å². The molecule has 2 amide bonds. The van der Waals surface area contributed by atoms with E-state index in [4.69, 9.17) is 49.1 Å². The predicted molar refractivity (Wildman–Crippen MR) is 350 cm³/mol. The number of hydrogen-bond acceptors (Lipinski definition) is 22. The average Bonchev–Trinajstić information content (AvgIpc) is 0.901. The molecule has 1 saturated carbocycles. The summed E-state index contributed by atoms with van der Waals surface area (Å²) in [5.74, 6) is -11.6. The number of carbonyl (C=O) groups is 11. The number of amides is 2. The summed E-state index contributed by atoms with van der Waals surface area (Å²) in [7, 11) is 4.40. The summed E-state index contributed by atoms with van der Waals surface area (Å²) < 4.78 is 41.6. The van der Waals surface area contributed by atoms with Crippen LogP contribution in [0.2, 0.25) is 0 Å². The summed E-state index contributed by atoms with van der Waals surface area (Å²) in [6.45, 7) is 12.7. The number of nitrogens with zero attached hydrogens (tertiary/aromatic N) is 1. The van der Waals surface area contributed by atoms with Crippen LogP contribution in [0.3, 0.4) is 0 Å². The van der Waals surface area contributed by atoms with Gasteiger partial charge in [-0.05, 0) is 126 Å². The smallest absolute Gasteiger partial charge is 0.329 e. The van der Waals surface area contributed by atoms with Gasteiger partial charge >= 0.3 is 29.8 Å². The molecule has 7 N–H and O–H groups in total. The van der Waals surface area contributed by atoms with Gasteiger partial charge in [-0.3, -0.25) is 47.9 Å². The Bertz CT molecular complexity index is 2770. The molecule has 25 nitrogen and oxygen atoms in total. The molecule has 0 aromatic heterocycles.